The molecule has 2 saturated carbocycles. The van der Waals surface area contributed by atoms with E-state index < -0.39 is 16.9 Å². The van der Waals surface area contributed by atoms with Crippen LogP contribution in [-0.4, -0.2) is 40.1 Å². The van der Waals surface area contributed by atoms with E-state index in [1.165, 1.54) is 19.3 Å². The lowest BCUT2D eigenvalue weighted by Crippen LogP contribution is -2.72. The Morgan fingerprint density at radius 1 is 1.31 bits per heavy atom. The van der Waals surface area contributed by atoms with Crippen LogP contribution in [-0.2, 0) is 23.1 Å². The molecule has 1 amide bonds. The van der Waals surface area contributed by atoms with E-state index in [1.54, 1.807) is 6.07 Å². The van der Waals surface area contributed by atoms with Crippen LogP contribution in [0.2, 0.25) is 0 Å². The number of amides is 1. The number of hydrogen-bond donors (Lipinski definition) is 4. The third-order valence-electron chi connectivity index (χ3n) is 8.02. The number of Topliss-reactive ketones (excluding diaryl/α,β-unsaturated/α-hetero) is 1. The first-order valence-corrected chi connectivity index (χ1v) is 10.5. The molecule has 0 unspecified atom stereocenters. The van der Waals surface area contributed by atoms with Gasteiger partial charge < -0.3 is 21.3 Å². The summed E-state index contributed by atoms with van der Waals surface area (Å²) in [5, 5.41) is 26.4. The van der Waals surface area contributed by atoms with Gasteiger partial charge in [0, 0.05) is 29.9 Å². The van der Waals surface area contributed by atoms with Gasteiger partial charge in [-0.15, -0.1) is 12.4 Å². The molecule has 1 aromatic rings. The minimum absolute atomic E-state index is 0. The molecule has 0 aromatic heterocycles. The zero-order chi connectivity index (χ0) is 19.7. The van der Waals surface area contributed by atoms with Crippen molar-refractivity contribution < 1.29 is 19.8 Å². The van der Waals surface area contributed by atoms with Gasteiger partial charge in [-0.05, 0) is 55.3 Å². The van der Waals surface area contributed by atoms with Crippen LogP contribution in [0.4, 0.5) is 0 Å². The maximum absolute atomic E-state index is 12.5. The average Bonchev–Trinajstić information content (AvgIpc) is 2.59. The molecular formula is C22H29ClN2O4. The highest BCUT2D eigenvalue weighted by Crippen LogP contribution is 2.58. The summed E-state index contributed by atoms with van der Waals surface area (Å²) in [6, 6.07) is 1.62. The molecule has 29 heavy (non-hydrogen) atoms. The molecule has 6 nitrogen and oxygen atoms in total. The van der Waals surface area contributed by atoms with Gasteiger partial charge in [-0.3, -0.25) is 9.59 Å². The molecule has 4 aliphatic rings. The minimum Gasteiger partial charge on any atom is -0.507 e. The lowest BCUT2D eigenvalue weighted by Gasteiger charge is -2.61. The second-order valence-corrected chi connectivity index (χ2v) is 9.33. The first kappa shape index (κ1) is 20.6. The summed E-state index contributed by atoms with van der Waals surface area (Å²) >= 11 is 0. The molecule has 1 aliphatic heterocycles. The second-order valence-electron chi connectivity index (χ2n) is 9.33. The Morgan fingerprint density at radius 3 is 2.72 bits per heavy atom. The molecule has 3 fully saturated rings. The third-order valence-corrected chi connectivity index (χ3v) is 8.02. The quantitative estimate of drug-likeness (QED) is 0.596. The molecular weight excluding hydrogens is 392 g/mol. The standard InChI is InChI=1S/C22H28N2O4.ClH/c23-20(27)16-9-13(8-12-2-1-3-12)15-10-17-22(28)5-4-14(25)11-21(22,6-7-24-17)18(15)19(16)26;/h9,12,17,24,26,28H,1-8,10-11H2,(H2,23,27);1H/t17-,21-,22-;/m1./s1. The number of aliphatic hydroxyl groups is 1. The van der Waals surface area contributed by atoms with E-state index in [0.717, 1.165) is 17.5 Å². The number of rotatable bonds is 3. The Kier molecular flexibility index (Phi) is 4.95. The van der Waals surface area contributed by atoms with Crippen LogP contribution >= 0.6 is 12.4 Å². The van der Waals surface area contributed by atoms with E-state index >= 15 is 0 Å². The van der Waals surface area contributed by atoms with Crippen molar-refractivity contribution in [3.05, 3.63) is 28.3 Å². The molecule has 158 valence electrons. The van der Waals surface area contributed by atoms with Crippen molar-refractivity contribution in [1.82, 2.24) is 5.32 Å². The Bertz CT molecular complexity index is 884. The third kappa shape index (κ3) is 2.76. The van der Waals surface area contributed by atoms with Crippen LogP contribution in [0.3, 0.4) is 0 Å². The van der Waals surface area contributed by atoms with E-state index in [2.05, 4.69) is 5.32 Å². The monoisotopic (exact) mass is 420 g/mol. The molecule has 3 aliphatic carbocycles. The highest BCUT2D eigenvalue weighted by molar-refractivity contribution is 5.97. The van der Waals surface area contributed by atoms with E-state index in [0.29, 0.717) is 43.7 Å². The summed E-state index contributed by atoms with van der Waals surface area (Å²) in [7, 11) is 0. The first-order chi connectivity index (χ1) is 13.4. The minimum atomic E-state index is -1.09. The number of ketones is 1. The lowest BCUT2D eigenvalue weighted by molar-refractivity contribution is -0.149. The van der Waals surface area contributed by atoms with Crippen LogP contribution in [0.15, 0.2) is 6.07 Å². The topological polar surface area (TPSA) is 113 Å². The van der Waals surface area contributed by atoms with E-state index in [1.807, 2.05) is 0 Å². The largest absolute Gasteiger partial charge is 0.507 e. The number of fused-ring (bicyclic) bond motifs is 1. The number of nitrogens with two attached hydrogens (primary N) is 1. The van der Waals surface area contributed by atoms with Crippen LogP contribution < -0.4 is 11.1 Å². The summed E-state index contributed by atoms with van der Waals surface area (Å²) in [6.07, 6.45) is 6.58. The summed E-state index contributed by atoms with van der Waals surface area (Å²) in [5.41, 5.74) is 6.51. The van der Waals surface area contributed by atoms with Crippen molar-refractivity contribution in [3.8, 4) is 5.75 Å². The molecule has 1 heterocycles. The molecule has 7 heteroatoms. The summed E-state index contributed by atoms with van der Waals surface area (Å²) < 4.78 is 0. The molecule has 1 aromatic carbocycles. The van der Waals surface area contributed by atoms with Gasteiger partial charge in [0.15, 0.2) is 0 Å². The van der Waals surface area contributed by atoms with Crippen molar-refractivity contribution in [2.45, 2.75) is 74.8 Å². The highest BCUT2D eigenvalue weighted by Gasteiger charge is 2.64. The normalized spacial score (nSPS) is 33.1. The van der Waals surface area contributed by atoms with Crippen molar-refractivity contribution in [3.63, 3.8) is 0 Å². The number of halogens is 1. The lowest BCUT2D eigenvalue weighted by atomic mass is 9.49. The number of hydrogen-bond acceptors (Lipinski definition) is 5. The van der Waals surface area contributed by atoms with Crippen LogP contribution in [0.5, 0.6) is 5.75 Å². The number of carbonyl (C=O) groups is 2. The number of primary amides is 1. The number of nitrogens with one attached hydrogen (secondary N) is 1. The maximum Gasteiger partial charge on any atom is 0.252 e. The van der Waals surface area contributed by atoms with Gasteiger partial charge in [-0.1, -0.05) is 19.3 Å². The predicted octanol–water partition coefficient (Wildman–Crippen LogP) is 1.90. The Labute approximate surface area is 176 Å². The molecule has 2 bridgehead atoms. The van der Waals surface area contributed by atoms with E-state index in [-0.39, 0.29) is 42.0 Å². The predicted molar refractivity (Wildman–Crippen MR) is 111 cm³/mol. The molecule has 0 radical (unpaired) electrons. The number of piperidine rings is 1. The zero-order valence-electron chi connectivity index (χ0n) is 16.5. The number of aromatic hydroxyl groups is 1. The van der Waals surface area contributed by atoms with Gasteiger partial charge in [-0.2, -0.15) is 0 Å². The number of carbonyl (C=O) groups excluding carboxylic acids is 2. The fraction of sp³-hybridized carbons (Fsp3) is 0.636. The smallest absolute Gasteiger partial charge is 0.252 e. The number of phenols is 1. The highest BCUT2D eigenvalue weighted by atomic mass is 35.5. The van der Waals surface area contributed by atoms with Crippen LogP contribution in [0.1, 0.15) is 72.0 Å². The maximum atomic E-state index is 12.5. The first-order valence-electron chi connectivity index (χ1n) is 10.5. The fourth-order valence-corrected chi connectivity index (χ4v) is 6.36. The van der Waals surface area contributed by atoms with Gasteiger partial charge >= 0.3 is 0 Å². The van der Waals surface area contributed by atoms with Crippen molar-refractivity contribution in [2.24, 2.45) is 11.7 Å². The second kappa shape index (κ2) is 6.96. The average molecular weight is 421 g/mol. The molecule has 3 atom stereocenters. The van der Waals surface area contributed by atoms with Crippen molar-refractivity contribution in [2.75, 3.05) is 6.54 Å². The Hall–Kier alpha value is -1.63. The zero-order valence-corrected chi connectivity index (χ0v) is 17.3. The van der Waals surface area contributed by atoms with Crippen molar-refractivity contribution in [1.29, 1.82) is 0 Å². The van der Waals surface area contributed by atoms with Gasteiger partial charge in [0.1, 0.15) is 11.5 Å². The van der Waals surface area contributed by atoms with Crippen LogP contribution in [0.25, 0.3) is 0 Å². The van der Waals surface area contributed by atoms with E-state index in [9.17, 15) is 19.8 Å². The summed E-state index contributed by atoms with van der Waals surface area (Å²) in [6.45, 7) is 0.678. The molecule has 5 rings (SSSR count). The van der Waals surface area contributed by atoms with Crippen molar-refractivity contribution >= 4 is 24.1 Å². The fourth-order valence-electron chi connectivity index (χ4n) is 6.36. The van der Waals surface area contributed by atoms with Gasteiger partial charge in [-0.25, -0.2) is 0 Å². The Balaban J connectivity index is 0.00000205. The van der Waals surface area contributed by atoms with Gasteiger partial charge in [0.2, 0.25) is 0 Å². The number of benzene rings is 1. The van der Waals surface area contributed by atoms with Crippen LogP contribution in [0, 0.1) is 5.92 Å². The Morgan fingerprint density at radius 2 is 2.07 bits per heavy atom. The molecule has 0 spiro atoms. The van der Waals surface area contributed by atoms with Gasteiger partial charge in [0.05, 0.1) is 11.2 Å². The van der Waals surface area contributed by atoms with E-state index in [4.69, 9.17) is 5.73 Å². The summed E-state index contributed by atoms with van der Waals surface area (Å²) in [4.78, 5) is 24.6. The molecule has 1 saturated heterocycles. The van der Waals surface area contributed by atoms with Gasteiger partial charge in [0.25, 0.3) is 5.91 Å². The summed E-state index contributed by atoms with van der Waals surface area (Å²) in [5.74, 6) is -0.0716. The molecule has 5 N–H and O–H groups in total. The SMILES string of the molecule is Cl.NC(=O)c1cc(CC2CCC2)c2c(c1O)[C@]13CCN[C@H](C2)[C@]1(O)CCC(=O)C3.